The van der Waals surface area contributed by atoms with E-state index in [1.54, 1.807) is 31.2 Å². The molecule has 0 spiro atoms. The lowest BCUT2D eigenvalue weighted by molar-refractivity contribution is -0.127. The van der Waals surface area contributed by atoms with Crippen LogP contribution < -0.4 is 10.1 Å². The summed E-state index contributed by atoms with van der Waals surface area (Å²) >= 11 is 0. The lowest BCUT2D eigenvalue weighted by Gasteiger charge is -2.37. The third-order valence-corrected chi connectivity index (χ3v) is 5.04. The second kappa shape index (κ2) is 7.97. The average Bonchev–Trinajstić information content (AvgIpc) is 2.95. The number of Topliss-reactive ketones (excluding diaryl/α,β-unsaturated/α-hetero) is 1. The fourth-order valence-electron chi connectivity index (χ4n) is 3.55. The van der Waals surface area contributed by atoms with E-state index in [0.29, 0.717) is 23.9 Å². The van der Waals surface area contributed by atoms with Crippen molar-refractivity contribution < 1.29 is 14.3 Å². The molecule has 3 aliphatic rings. The molecular formula is C19H27N3O3. The van der Waals surface area contributed by atoms with Gasteiger partial charge < -0.3 is 15.0 Å². The van der Waals surface area contributed by atoms with Gasteiger partial charge in [-0.3, -0.25) is 14.5 Å². The zero-order valence-corrected chi connectivity index (χ0v) is 15.0. The van der Waals surface area contributed by atoms with Gasteiger partial charge in [-0.05, 0) is 45.5 Å². The van der Waals surface area contributed by atoms with E-state index >= 15 is 0 Å². The highest BCUT2D eigenvalue weighted by Gasteiger charge is 2.30. The number of carbonyl (C=O) groups is 2. The maximum atomic E-state index is 12.4. The number of ether oxygens (including phenoxy) is 1. The fourth-order valence-corrected chi connectivity index (χ4v) is 3.55. The predicted octanol–water partition coefficient (Wildman–Crippen LogP) is 1.16. The molecule has 2 unspecified atom stereocenters. The molecule has 0 radical (unpaired) electrons. The zero-order valence-electron chi connectivity index (χ0n) is 15.0. The summed E-state index contributed by atoms with van der Waals surface area (Å²) in [7, 11) is 0. The van der Waals surface area contributed by atoms with E-state index in [0.717, 1.165) is 32.7 Å². The van der Waals surface area contributed by atoms with Gasteiger partial charge in [0.2, 0.25) is 0 Å². The number of amides is 1. The number of carbonyl (C=O) groups excluding carboxylic acids is 2. The average molecular weight is 345 g/mol. The smallest absolute Gasteiger partial charge is 0.260 e. The minimum atomic E-state index is -0.597. The van der Waals surface area contributed by atoms with Crippen LogP contribution >= 0.6 is 0 Å². The number of benzene rings is 1. The highest BCUT2D eigenvalue weighted by molar-refractivity contribution is 5.94. The number of hydrogen-bond donors (Lipinski definition) is 1. The maximum absolute atomic E-state index is 12.4. The van der Waals surface area contributed by atoms with Gasteiger partial charge in [0, 0.05) is 37.8 Å². The third-order valence-electron chi connectivity index (χ3n) is 5.04. The Morgan fingerprint density at radius 2 is 2.12 bits per heavy atom. The molecule has 4 atom stereocenters. The summed E-state index contributed by atoms with van der Waals surface area (Å²) < 4.78 is 5.71. The van der Waals surface area contributed by atoms with Gasteiger partial charge >= 0.3 is 0 Å². The first kappa shape index (κ1) is 17.9. The Morgan fingerprint density at radius 1 is 1.28 bits per heavy atom. The van der Waals surface area contributed by atoms with Gasteiger partial charge in [-0.15, -0.1) is 0 Å². The Labute approximate surface area is 149 Å². The van der Waals surface area contributed by atoms with Crippen LogP contribution in [0.15, 0.2) is 24.3 Å². The van der Waals surface area contributed by atoms with Gasteiger partial charge in [-0.1, -0.05) is 12.1 Å². The first-order chi connectivity index (χ1) is 12.0. The normalized spacial score (nSPS) is 26.6. The van der Waals surface area contributed by atoms with Crippen molar-refractivity contribution in [2.45, 2.75) is 32.4 Å². The summed E-state index contributed by atoms with van der Waals surface area (Å²) in [6, 6.07) is 7.33. The van der Waals surface area contributed by atoms with Crippen molar-refractivity contribution in [3.8, 4) is 5.75 Å². The summed E-state index contributed by atoms with van der Waals surface area (Å²) in [4.78, 5) is 28.8. The van der Waals surface area contributed by atoms with Gasteiger partial charge in [0.05, 0.1) is 0 Å². The Kier molecular flexibility index (Phi) is 5.71. The van der Waals surface area contributed by atoms with E-state index in [-0.39, 0.29) is 11.7 Å². The number of fused-ring (bicyclic) bond motifs is 4. The summed E-state index contributed by atoms with van der Waals surface area (Å²) in [5.74, 6) is 0.401. The van der Waals surface area contributed by atoms with E-state index in [2.05, 4.69) is 15.1 Å². The van der Waals surface area contributed by atoms with Crippen LogP contribution in [0.5, 0.6) is 5.75 Å². The molecule has 1 aromatic rings. The first-order valence-electron chi connectivity index (χ1n) is 9.04. The van der Waals surface area contributed by atoms with Crippen molar-refractivity contribution in [3.05, 3.63) is 29.8 Å². The highest BCUT2D eigenvalue weighted by atomic mass is 16.5. The second-order valence-electron chi connectivity index (χ2n) is 6.93. The van der Waals surface area contributed by atoms with Crippen LogP contribution in [-0.2, 0) is 4.79 Å². The minimum absolute atomic E-state index is 0.0185. The number of piperazine rings is 1. The molecule has 3 fully saturated rings. The molecule has 0 aliphatic carbocycles. The van der Waals surface area contributed by atoms with Crippen LogP contribution in [0.2, 0.25) is 0 Å². The summed E-state index contributed by atoms with van der Waals surface area (Å²) in [5, 5.41) is 3.02. The van der Waals surface area contributed by atoms with E-state index < -0.39 is 6.10 Å². The van der Waals surface area contributed by atoms with Gasteiger partial charge in [-0.25, -0.2) is 0 Å². The Hall–Kier alpha value is -1.92. The first-order valence-corrected chi connectivity index (χ1v) is 9.04. The third kappa shape index (κ3) is 4.58. The van der Waals surface area contributed by atoms with Crippen LogP contribution in [0.1, 0.15) is 30.6 Å². The number of nitrogens with one attached hydrogen (secondary N) is 1. The minimum Gasteiger partial charge on any atom is -0.481 e. The van der Waals surface area contributed by atoms with E-state index in [1.807, 2.05) is 0 Å². The van der Waals surface area contributed by atoms with E-state index in [1.165, 1.54) is 13.3 Å². The van der Waals surface area contributed by atoms with Crippen molar-refractivity contribution in [1.82, 2.24) is 15.1 Å². The lowest BCUT2D eigenvalue weighted by atomic mass is 10.1. The molecule has 3 saturated heterocycles. The quantitative estimate of drug-likeness (QED) is 0.784. The number of nitrogens with zero attached hydrogens (tertiary/aromatic N) is 2. The molecular weight excluding hydrogens is 318 g/mol. The van der Waals surface area contributed by atoms with Gasteiger partial charge in [0.1, 0.15) is 5.75 Å². The van der Waals surface area contributed by atoms with Crippen molar-refractivity contribution in [2.24, 2.45) is 0 Å². The van der Waals surface area contributed by atoms with Gasteiger partial charge in [0.15, 0.2) is 11.9 Å². The Balaban J connectivity index is 1.51. The number of ketones is 1. The van der Waals surface area contributed by atoms with Gasteiger partial charge in [-0.2, -0.15) is 0 Å². The summed E-state index contributed by atoms with van der Waals surface area (Å²) in [5.41, 5.74) is 0.585. The predicted molar refractivity (Wildman–Crippen MR) is 96.0 cm³/mol. The molecule has 3 heterocycles. The summed E-state index contributed by atoms with van der Waals surface area (Å²) in [6.45, 7) is 9.42. The van der Waals surface area contributed by atoms with Crippen molar-refractivity contribution >= 4 is 11.7 Å². The maximum Gasteiger partial charge on any atom is 0.260 e. The van der Waals surface area contributed by atoms with E-state index in [4.69, 9.17) is 4.74 Å². The Bertz CT molecular complexity index is 630. The zero-order chi connectivity index (χ0) is 17.8. The molecule has 25 heavy (non-hydrogen) atoms. The highest BCUT2D eigenvalue weighted by Crippen LogP contribution is 2.17. The van der Waals surface area contributed by atoms with Crippen molar-refractivity contribution in [3.63, 3.8) is 0 Å². The summed E-state index contributed by atoms with van der Waals surface area (Å²) in [6.07, 6.45) is 0.608. The molecule has 4 rings (SSSR count). The molecule has 136 valence electrons. The van der Waals surface area contributed by atoms with Crippen molar-refractivity contribution in [2.75, 3.05) is 39.3 Å². The molecule has 0 aromatic heterocycles. The van der Waals surface area contributed by atoms with Crippen LogP contribution in [0.25, 0.3) is 0 Å². The van der Waals surface area contributed by atoms with Gasteiger partial charge in [0.25, 0.3) is 5.91 Å². The topological polar surface area (TPSA) is 61.9 Å². The molecule has 6 nitrogen and oxygen atoms in total. The molecule has 1 aromatic carbocycles. The second-order valence-corrected chi connectivity index (χ2v) is 6.93. The van der Waals surface area contributed by atoms with Crippen LogP contribution in [0.4, 0.5) is 0 Å². The van der Waals surface area contributed by atoms with Crippen LogP contribution in [0.3, 0.4) is 0 Å². The molecule has 1 N–H and O–H groups in total. The molecule has 1 amide bonds. The number of rotatable bonds is 6. The van der Waals surface area contributed by atoms with Crippen LogP contribution in [-0.4, -0.2) is 72.9 Å². The number of hydrogen-bond acceptors (Lipinski definition) is 5. The molecule has 2 bridgehead atoms. The molecule has 6 heteroatoms. The fraction of sp³-hybridized carbons (Fsp3) is 0.579. The Morgan fingerprint density at radius 3 is 2.92 bits per heavy atom. The SMILES string of the molecule is CC(=O)c1cccc(O[C@H](C)C(=O)NC[C@@H]2CN3CCCN2CC3)c1. The molecule has 3 aliphatic heterocycles. The van der Waals surface area contributed by atoms with Crippen LogP contribution in [0, 0.1) is 0 Å². The van der Waals surface area contributed by atoms with E-state index in [9.17, 15) is 9.59 Å². The van der Waals surface area contributed by atoms with Crippen molar-refractivity contribution in [1.29, 1.82) is 0 Å². The largest absolute Gasteiger partial charge is 0.481 e. The monoisotopic (exact) mass is 345 g/mol. The standard InChI is InChI=1S/C19H27N3O3/c1-14(23)16-5-3-6-18(11-16)25-15(2)19(24)20-12-17-13-21-7-4-8-22(17)10-9-21/h3,5-6,11,15,17H,4,7-10,12-13H2,1-2H3,(H,20,24)/t15-,17-/m1/s1. The molecule has 0 saturated carbocycles. The lowest BCUT2D eigenvalue weighted by Crippen LogP contribution is -2.55.